The molecule has 0 radical (unpaired) electrons. The van der Waals surface area contributed by atoms with Crippen molar-refractivity contribution in [1.82, 2.24) is 4.90 Å². The third kappa shape index (κ3) is 4.21. The first-order valence-corrected chi connectivity index (χ1v) is 7.62. The fraction of sp³-hybridized carbons (Fsp3) is 0.588. The van der Waals surface area contributed by atoms with Gasteiger partial charge in [-0.3, -0.25) is 4.79 Å². The van der Waals surface area contributed by atoms with Crippen LogP contribution in [0.1, 0.15) is 36.5 Å². The number of likely N-dealkylation sites (N-methyl/N-ethyl adjacent to an activating group) is 1. The van der Waals surface area contributed by atoms with Crippen molar-refractivity contribution in [3.63, 3.8) is 0 Å². The van der Waals surface area contributed by atoms with E-state index in [-0.39, 0.29) is 18.6 Å². The van der Waals surface area contributed by atoms with E-state index in [1.807, 2.05) is 27.8 Å². The molecule has 2 N–H and O–H groups in total. The zero-order valence-corrected chi connectivity index (χ0v) is 13.5. The van der Waals surface area contributed by atoms with Crippen LogP contribution in [0.15, 0.2) is 12.1 Å². The topological polar surface area (TPSA) is 55.6 Å². The van der Waals surface area contributed by atoms with E-state index >= 15 is 0 Å². The summed E-state index contributed by atoms with van der Waals surface area (Å²) >= 11 is 0. The van der Waals surface area contributed by atoms with Crippen molar-refractivity contribution in [2.24, 2.45) is 5.73 Å². The average molecular weight is 290 g/mol. The Morgan fingerprint density at radius 2 is 1.95 bits per heavy atom. The van der Waals surface area contributed by atoms with Crippen molar-refractivity contribution in [3.8, 4) is 5.75 Å². The smallest absolute Gasteiger partial charge is 0.260 e. The van der Waals surface area contributed by atoms with E-state index in [2.05, 4.69) is 12.1 Å². The van der Waals surface area contributed by atoms with Crippen LogP contribution in [0, 0.1) is 13.8 Å². The molecule has 1 aliphatic carbocycles. The van der Waals surface area contributed by atoms with Crippen LogP contribution in [-0.4, -0.2) is 36.5 Å². The fourth-order valence-corrected chi connectivity index (χ4v) is 2.66. The minimum Gasteiger partial charge on any atom is -0.483 e. The molecule has 1 atom stereocenters. The van der Waals surface area contributed by atoms with Crippen LogP contribution in [0.3, 0.4) is 0 Å². The molecule has 1 amide bonds. The largest absolute Gasteiger partial charge is 0.483 e. The molecule has 1 saturated carbocycles. The highest BCUT2D eigenvalue weighted by molar-refractivity contribution is 5.78. The van der Waals surface area contributed by atoms with E-state index in [1.54, 1.807) is 4.90 Å². The van der Waals surface area contributed by atoms with E-state index in [0.717, 1.165) is 36.1 Å². The molecule has 2 rings (SSSR count). The van der Waals surface area contributed by atoms with Crippen molar-refractivity contribution >= 4 is 5.91 Å². The molecule has 1 aromatic rings. The van der Waals surface area contributed by atoms with Gasteiger partial charge in [0, 0.05) is 19.1 Å². The van der Waals surface area contributed by atoms with E-state index in [9.17, 15) is 4.79 Å². The molecule has 0 aromatic heterocycles. The Morgan fingerprint density at radius 3 is 2.43 bits per heavy atom. The van der Waals surface area contributed by atoms with Crippen LogP contribution in [-0.2, 0) is 11.2 Å². The van der Waals surface area contributed by atoms with Gasteiger partial charge in [-0.05, 0) is 56.7 Å². The molecule has 4 heteroatoms. The van der Waals surface area contributed by atoms with Gasteiger partial charge >= 0.3 is 0 Å². The van der Waals surface area contributed by atoms with Gasteiger partial charge in [-0.25, -0.2) is 0 Å². The van der Waals surface area contributed by atoms with Crippen molar-refractivity contribution in [1.29, 1.82) is 0 Å². The second kappa shape index (κ2) is 6.48. The van der Waals surface area contributed by atoms with E-state index in [0.29, 0.717) is 6.04 Å². The van der Waals surface area contributed by atoms with Gasteiger partial charge in [-0.2, -0.15) is 0 Å². The van der Waals surface area contributed by atoms with Crippen LogP contribution in [0.4, 0.5) is 0 Å². The minimum absolute atomic E-state index is 0.0518. The molecule has 0 aliphatic heterocycles. The molecule has 0 heterocycles. The Bertz CT molecular complexity index is 499. The minimum atomic E-state index is 0.0518. The predicted molar refractivity (Wildman–Crippen MR) is 84.6 cm³/mol. The molecule has 4 nitrogen and oxygen atoms in total. The zero-order chi connectivity index (χ0) is 15.6. The van der Waals surface area contributed by atoms with Gasteiger partial charge in [-0.15, -0.1) is 0 Å². The number of aryl methyl sites for hydroxylation is 2. The summed E-state index contributed by atoms with van der Waals surface area (Å²) in [4.78, 5) is 13.8. The lowest BCUT2D eigenvalue weighted by atomic mass is 10.0. The summed E-state index contributed by atoms with van der Waals surface area (Å²) in [5.74, 6) is 0.872. The molecular weight excluding hydrogens is 264 g/mol. The maximum Gasteiger partial charge on any atom is 0.260 e. The van der Waals surface area contributed by atoms with Crippen molar-refractivity contribution in [2.45, 2.75) is 52.1 Å². The number of carbonyl (C=O) groups is 1. The standard InChI is InChI=1S/C17H26N2O2/c1-11-7-14(9-13(3)18)8-12(2)17(11)21-10-16(20)19(4)15-5-6-15/h7-8,13,15H,5-6,9-10,18H2,1-4H3. The number of benzene rings is 1. The highest BCUT2D eigenvalue weighted by atomic mass is 16.5. The Balaban J connectivity index is 2.00. The van der Waals surface area contributed by atoms with E-state index in [4.69, 9.17) is 10.5 Å². The molecule has 21 heavy (non-hydrogen) atoms. The molecular formula is C17H26N2O2. The number of ether oxygens (including phenoxy) is 1. The second-order valence-corrected chi connectivity index (χ2v) is 6.26. The molecule has 0 bridgehead atoms. The highest BCUT2D eigenvalue weighted by Gasteiger charge is 2.29. The quantitative estimate of drug-likeness (QED) is 0.874. The SMILES string of the molecule is Cc1cc(CC(C)N)cc(C)c1OCC(=O)N(C)C1CC1. The highest BCUT2D eigenvalue weighted by Crippen LogP contribution is 2.27. The van der Waals surface area contributed by atoms with Crippen LogP contribution < -0.4 is 10.5 Å². The number of nitrogens with zero attached hydrogens (tertiary/aromatic N) is 1. The van der Waals surface area contributed by atoms with Gasteiger partial charge in [-0.1, -0.05) is 12.1 Å². The maximum absolute atomic E-state index is 12.0. The Hall–Kier alpha value is -1.55. The van der Waals surface area contributed by atoms with Crippen molar-refractivity contribution < 1.29 is 9.53 Å². The van der Waals surface area contributed by atoms with Crippen molar-refractivity contribution in [2.75, 3.05) is 13.7 Å². The summed E-state index contributed by atoms with van der Waals surface area (Å²) in [5.41, 5.74) is 9.19. The number of hydrogen-bond acceptors (Lipinski definition) is 3. The van der Waals surface area contributed by atoms with Gasteiger partial charge in [0.2, 0.25) is 0 Å². The molecule has 0 saturated heterocycles. The van der Waals surface area contributed by atoms with Gasteiger partial charge in [0.1, 0.15) is 5.75 Å². The predicted octanol–water partition coefficient (Wildman–Crippen LogP) is 2.19. The van der Waals surface area contributed by atoms with Gasteiger partial charge < -0.3 is 15.4 Å². The normalized spacial score (nSPS) is 15.7. The lowest BCUT2D eigenvalue weighted by Crippen LogP contribution is -2.33. The Morgan fingerprint density at radius 1 is 1.38 bits per heavy atom. The molecule has 1 fully saturated rings. The van der Waals surface area contributed by atoms with Crippen LogP contribution in [0.5, 0.6) is 5.75 Å². The number of nitrogens with two attached hydrogens (primary N) is 1. The monoisotopic (exact) mass is 290 g/mol. The molecule has 1 aromatic carbocycles. The van der Waals surface area contributed by atoms with E-state index in [1.165, 1.54) is 5.56 Å². The number of amides is 1. The van der Waals surface area contributed by atoms with Gasteiger partial charge in [0.25, 0.3) is 5.91 Å². The summed E-state index contributed by atoms with van der Waals surface area (Å²) in [6.07, 6.45) is 3.09. The molecule has 1 unspecified atom stereocenters. The molecule has 1 aliphatic rings. The second-order valence-electron chi connectivity index (χ2n) is 6.26. The summed E-state index contributed by atoms with van der Waals surface area (Å²) in [5, 5.41) is 0. The van der Waals surface area contributed by atoms with Crippen LogP contribution in [0.25, 0.3) is 0 Å². The summed E-state index contributed by atoms with van der Waals surface area (Å²) < 4.78 is 5.77. The maximum atomic E-state index is 12.0. The first-order chi connectivity index (χ1) is 9.88. The summed E-state index contributed by atoms with van der Waals surface area (Å²) in [6, 6.07) is 4.77. The number of carbonyl (C=O) groups excluding carboxylic acids is 1. The number of hydrogen-bond donors (Lipinski definition) is 1. The fourth-order valence-electron chi connectivity index (χ4n) is 2.66. The Labute approximate surface area is 127 Å². The van der Waals surface area contributed by atoms with Crippen LogP contribution in [0.2, 0.25) is 0 Å². The average Bonchev–Trinajstić information content (AvgIpc) is 3.19. The summed E-state index contributed by atoms with van der Waals surface area (Å²) in [7, 11) is 1.86. The number of rotatable bonds is 6. The van der Waals surface area contributed by atoms with Crippen LogP contribution >= 0.6 is 0 Å². The van der Waals surface area contributed by atoms with Crippen molar-refractivity contribution in [3.05, 3.63) is 28.8 Å². The molecule has 0 spiro atoms. The zero-order valence-electron chi connectivity index (χ0n) is 13.5. The van der Waals surface area contributed by atoms with E-state index < -0.39 is 0 Å². The first-order valence-electron chi connectivity index (χ1n) is 7.62. The van der Waals surface area contributed by atoms with Gasteiger partial charge in [0.05, 0.1) is 0 Å². The first kappa shape index (κ1) is 15.8. The Kier molecular flexibility index (Phi) is 4.88. The lowest BCUT2D eigenvalue weighted by Gasteiger charge is -2.19. The lowest BCUT2D eigenvalue weighted by molar-refractivity contribution is -0.132. The summed E-state index contributed by atoms with van der Waals surface area (Å²) in [6.45, 7) is 6.15. The van der Waals surface area contributed by atoms with Gasteiger partial charge in [0.15, 0.2) is 6.61 Å². The molecule has 116 valence electrons. The third-order valence-corrected chi connectivity index (χ3v) is 3.91. The third-order valence-electron chi connectivity index (χ3n) is 3.91.